The topological polar surface area (TPSA) is 6.48 Å². The van der Waals surface area contributed by atoms with Gasteiger partial charge in [-0.15, -0.1) is 0 Å². The molecule has 2 nitrogen and oxygen atoms in total. The summed E-state index contributed by atoms with van der Waals surface area (Å²) in [4.78, 5) is 5.26. The Bertz CT molecular complexity index is 2080. The highest BCUT2D eigenvalue weighted by atomic mass is 15.2. The van der Waals surface area contributed by atoms with Crippen LogP contribution in [0.3, 0.4) is 0 Å². The third-order valence-corrected chi connectivity index (χ3v) is 13.5. The molecule has 5 aromatic rings. The monoisotopic (exact) mass is 608 g/mol. The summed E-state index contributed by atoms with van der Waals surface area (Å²) in [6.45, 7) is 4.75. The molecule has 3 heteroatoms. The highest BCUT2D eigenvalue weighted by molar-refractivity contribution is 7.00. The van der Waals surface area contributed by atoms with Gasteiger partial charge in [-0.3, -0.25) is 0 Å². The second-order valence-corrected chi connectivity index (χ2v) is 15.5. The zero-order valence-electron chi connectivity index (χ0n) is 27.5. The van der Waals surface area contributed by atoms with Crippen LogP contribution in [0.1, 0.15) is 68.2 Å². The van der Waals surface area contributed by atoms with E-state index in [1.54, 1.807) is 11.1 Å². The molecular formula is C44H41BN2. The molecule has 0 amide bonds. The number of fused-ring (bicyclic) bond motifs is 6. The third-order valence-electron chi connectivity index (χ3n) is 13.5. The van der Waals surface area contributed by atoms with Crippen molar-refractivity contribution >= 4 is 57.2 Å². The normalized spacial score (nSPS) is 26.6. The number of rotatable bonds is 3. The summed E-state index contributed by atoms with van der Waals surface area (Å²) in [6, 6.07) is 40.8. The van der Waals surface area contributed by atoms with Gasteiger partial charge in [0.15, 0.2) is 0 Å². The minimum Gasteiger partial charge on any atom is -0.311 e. The van der Waals surface area contributed by atoms with Crippen LogP contribution in [0.2, 0.25) is 0 Å². The van der Waals surface area contributed by atoms with Crippen LogP contribution in [0.5, 0.6) is 0 Å². The Morgan fingerprint density at radius 2 is 1.21 bits per heavy atom. The number of benzene rings is 5. The molecular weight excluding hydrogens is 567 g/mol. The van der Waals surface area contributed by atoms with Gasteiger partial charge in [0.05, 0.1) is 5.69 Å². The number of hydrogen-bond acceptors (Lipinski definition) is 2. The zero-order valence-corrected chi connectivity index (χ0v) is 27.5. The van der Waals surface area contributed by atoms with Crippen molar-refractivity contribution in [3.8, 4) is 0 Å². The SMILES string of the molecule is CCc1ccc(N2c3ccc(CC)cc3B3c4cccc5c4N(c4ccccc4C54C5CC6CC(C5)CC4C6)c4cccc2c43)cc1. The maximum atomic E-state index is 2.71. The fraction of sp³-hybridized carbons (Fsp3) is 0.318. The van der Waals surface area contributed by atoms with E-state index < -0.39 is 0 Å². The summed E-state index contributed by atoms with van der Waals surface area (Å²) in [5, 5.41) is 0. The predicted molar refractivity (Wildman–Crippen MR) is 197 cm³/mol. The van der Waals surface area contributed by atoms with Crippen molar-refractivity contribution in [2.45, 2.75) is 64.2 Å². The molecule has 4 bridgehead atoms. The summed E-state index contributed by atoms with van der Waals surface area (Å²) < 4.78 is 0. The van der Waals surface area contributed by atoms with Crippen LogP contribution in [-0.4, -0.2) is 6.71 Å². The van der Waals surface area contributed by atoms with E-state index in [2.05, 4.69) is 127 Å². The summed E-state index contributed by atoms with van der Waals surface area (Å²) in [5.41, 5.74) is 18.7. The molecule has 5 aromatic carbocycles. The minimum atomic E-state index is 0.122. The molecule has 47 heavy (non-hydrogen) atoms. The maximum absolute atomic E-state index is 2.71. The van der Waals surface area contributed by atoms with Crippen LogP contribution in [0.15, 0.2) is 103 Å². The van der Waals surface area contributed by atoms with E-state index in [1.165, 1.54) is 93.7 Å². The molecule has 4 aliphatic carbocycles. The van der Waals surface area contributed by atoms with E-state index in [0.29, 0.717) is 0 Å². The number of nitrogens with zero attached hydrogens (tertiary/aromatic N) is 2. The molecule has 12 rings (SSSR count). The van der Waals surface area contributed by atoms with Gasteiger partial charge in [0.25, 0.3) is 6.71 Å². The summed E-state index contributed by atoms with van der Waals surface area (Å²) in [5.74, 6) is 3.36. The molecule has 1 spiro atoms. The molecule has 4 fully saturated rings. The molecule has 0 atom stereocenters. The smallest absolute Gasteiger partial charge is 0.252 e. The lowest BCUT2D eigenvalue weighted by molar-refractivity contribution is -0.0419. The van der Waals surface area contributed by atoms with Crippen LogP contribution >= 0.6 is 0 Å². The Morgan fingerprint density at radius 1 is 0.574 bits per heavy atom. The lowest BCUT2D eigenvalue weighted by Crippen LogP contribution is -2.64. The van der Waals surface area contributed by atoms with Crippen molar-refractivity contribution in [1.29, 1.82) is 0 Å². The maximum Gasteiger partial charge on any atom is 0.252 e. The van der Waals surface area contributed by atoms with E-state index in [4.69, 9.17) is 0 Å². The van der Waals surface area contributed by atoms with E-state index in [0.717, 1.165) is 36.5 Å². The van der Waals surface area contributed by atoms with Crippen molar-refractivity contribution in [2.24, 2.45) is 23.7 Å². The standard InChI is InChI=1S/C44H41BN2/c1-3-27-15-18-33(19-16-27)46-39-20-17-28(4-2)26-37(39)45-36-11-7-10-35-43(36)47(41-14-8-13-40(46)42(41)45)38-12-6-5-9-34(38)44(35)31-22-29-21-30(24-31)25-32(44)23-29/h5-20,26,29-32H,3-4,21-25H2,1-2H3. The summed E-state index contributed by atoms with van der Waals surface area (Å²) >= 11 is 0. The van der Waals surface area contributed by atoms with Crippen molar-refractivity contribution < 1.29 is 0 Å². The van der Waals surface area contributed by atoms with Gasteiger partial charge in [-0.05, 0) is 144 Å². The highest BCUT2D eigenvalue weighted by Gasteiger charge is 2.62. The van der Waals surface area contributed by atoms with Gasteiger partial charge < -0.3 is 9.80 Å². The Hall–Kier alpha value is -4.24. The average Bonchev–Trinajstić information content (AvgIpc) is 3.11. The number of aryl methyl sites for hydroxylation is 2. The van der Waals surface area contributed by atoms with Crippen LogP contribution in [0.4, 0.5) is 34.1 Å². The first-order valence-electron chi connectivity index (χ1n) is 18.4. The zero-order chi connectivity index (χ0) is 31.0. The van der Waals surface area contributed by atoms with Crippen molar-refractivity contribution in [2.75, 3.05) is 9.80 Å². The van der Waals surface area contributed by atoms with Crippen molar-refractivity contribution in [3.05, 3.63) is 125 Å². The van der Waals surface area contributed by atoms with Gasteiger partial charge in [0.2, 0.25) is 0 Å². The molecule has 4 saturated carbocycles. The van der Waals surface area contributed by atoms with Crippen LogP contribution < -0.4 is 26.2 Å². The van der Waals surface area contributed by atoms with E-state index in [1.807, 2.05) is 0 Å². The first-order valence-corrected chi connectivity index (χ1v) is 18.4. The molecule has 0 unspecified atom stereocenters. The summed E-state index contributed by atoms with van der Waals surface area (Å²) in [7, 11) is 0. The van der Waals surface area contributed by atoms with Gasteiger partial charge >= 0.3 is 0 Å². The summed E-state index contributed by atoms with van der Waals surface area (Å²) in [6.07, 6.45) is 9.20. The lowest BCUT2D eigenvalue weighted by atomic mass is 9.32. The van der Waals surface area contributed by atoms with Crippen molar-refractivity contribution in [1.82, 2.24) is 0 Å². The van der Waals surface area contributed by atoms with Crippen LogP contribution in [0.25, 0.3) is 0 Å². The molecule has 7 aliphatic rings. The van der Waals surface area contributed by atoms with Crippen molar-refractivity contribution in [3.63, 3.8) is 0 Å². The van der Waals surface area contributed by atoms with Gasteiger partial charge in [-0.1, -0.05) is 80.6 Å². The number of para-hydroxylation sites is 2. The van der Waals surface area contributed by atoms with Gasteiger partial charge in [-0.2, -0.15) is 0 Å². The Balaban J connectivity index is 1.22. The minimum absolute atomic E-state index is 0.122. The van der Waals surface area contributed by atoms with Gasteiger partial charge in [0.1, 0.15) is 0 Å². The predicted octanol–water partition coefficient (Wildman–Crippen LogP) is 8.95. The first-order chi connectivity index (χ1) is 23.2. The van der Waals surface area contributed by atoms with E-state index in [9.17, 15) is 0 Å². The number of anilines is 6. The Kier molecular flexibility index (Phi) is 5.38. The molecule has 3 aliphatic heterocycles. The van der Waals surface area contributed by atoms with E-state index in [-0.39, 0.29) is 12.1 Å². The van der Waals surface area contributed by atoms with Gasteiger partial charge in [0, 0.05) is 33.9 Å². The second-order valence-electron chi connectivity index (χ2n) is 15.5. The second kappa shape index (κ2) is 9.44. The fourth-order valence-corrected chi connectivity index (χ4v) is 12.0. The largest absolute Gasteiger partial charge is 0.311 e. The van der Waals surface area contributed by atoms with E-state index >= 15 is 0 Å². The van der Waals surface area contributed by atoms with Gasteiger partial charge in [-0.25, -0.2) is 0 Å². The molecule has 230 valence electrons. The van der Waals surface area contributed by atoms with Crippen LogP contribution in [-0.2, 0) is 18.3 Å². The Labute approximate surface area is 279 Å². The Morgan fingerprint density at radius 3 is 1.96 bits per heavy atom. The molecule has 3 heterocycles. The molecule has 0 saturated heterocycles. The number of hydrogen-bond donors (Lipinski definition) is 0. The first kappa shape index (κ1) is 26.8. The third kappa shape index (κ3) is 3.29. The highest BCUT2D eigenvalue weighted by Crippen LogP contribution is 2.69. The quantitative estimate of drug-likeness (QED) is 0.185. The molecule has 0 N–H and O–H groups in total. The average molecular weight is 609 g/mol. The van der Waals surface area contributed by atoms with Crippen LogP contribution in [0, 0.1) is 23.7 Å². The molecule has 0 radical (unpaired) electrons. The lowest BCUT2D eigenvalue weighted by Gasteiger charge is -2.64. The molecule has 0 aromatic heterocycles. The fourth-order valence-electron chi connectivity index (χ4n) is 12.0.